The molecule has 0 spiro atoms. The number of nitrogens with zero attached hydrogens (tertiary/aromatic N) is 1. The molecule has 0 saturated heterocycles. The van der Waals surface area contributed by atoms with Gasteiger partial charge in [-0.25, -0.2) is 0 Å². The van der Waals surface area contributed by atoms with Gasteiger partial charge in [0, 0.05) is 5.18 Å². The van der Waals surface area contributed by atoms with E-state index in [2.05, 4.69) is 5.18 Å². The molecule has 0 bridgehead atoms. The summed E-state index contributed by atoms with van der Waals surface area (Å²) < 4.78 is 1.03. The SMILES string of the molecule is CSc1cc(C)c(C(=O)N=O)s1. The van der Waals surface area contributed by atoms with Gasteiger partial charge >= 0.3 is 5.91 Å². The summed E-state index contributed by atoms with van der Waals surface area (Å²) in [6, 6.07) is 1.88. The molecule has 64 valence electrons. The maximum atomic E-state index is 10.9. The lowest BCUT2D eigenvalue weighted by atomic mass is 10.3. The van der Waals surface area contributed by atoms with E-state index in [9.17, 15) is 9.70 Å². The largest absolute Gasteiger partial charge is 0.326 e. The van der Waals surface area contributed by atoms with E-state index in [1.165, 1.54) is 11.3 Å². The standard InChI is InChI=1S/C7H7NO2S2/c1-4-3-5(11-2)12-6(4)7(9)8-10/h3H,1-2H3. The van der Waals surface area contributed by atoms with Crippen LogP contribution in [0.5, 0.6) is 0 Å². The number of aryl methyl sites for hydroxylation is 1. The summed E-state index contributed by atoms with van der Waals surface area (Å²) in [5, 5.41) is 2.38. The zero-order valence-electron chi connectivity index (χ0n) is 6.66. The Labute approximate surface area is 78.1 Å². The monoisotopic (exact) mass is 201 g/mol. The molecular formula is C7H7NO2S2. The van der Waals surface area contributed by atoms with Crippen molar-refractivity contribution >= 4 is 29.0 Å². The van der Waals surface area contributed by atoms with E-state index in [4.69, 9.17) is 0 Å². The van der Waals surface area contributed by atoms with Crippen molar-refractivity contribution in [2.45, 2.75) is 11.1 Å². The first-order chi connectivity index (χ1) is 5.69. The van der Waals surface area contributed by atoms with Crippen LogP contribution >= 0.6 is 23.1 Å². The van der Waals surface area contributed by atoms with Crippen LogP contribution < -0.4 is 0 Å². The molecule has 0 aliphatic heterocycles. The Morgan fingerprint density at radius 2 is 2.33 bits per heavy atom. The summed E-state index contributed by atoms with van der Waals surface area (Å²) in [4.78, 5) is 21.3. The zero-order chi connectivity index (χ0) is 9.14. The van der Waals surface area contributed by atoms with Crippen molar-refractivity contribution in [2.75, 3.05) is 6.26 Å². The molecule has 5 heteroatoms. The molecule has 0 aliphatic rings. The summed E-state index contributed by atoms with van der Waals surface area (Å²) in [5.41, 5.74) is 0.828. The van der Waals surface area contributed by atoms with Crippen LogP contribution in [0.4, 0.5) is 0 Å². The fraction of sp³-hybridized carbons (Fsp3) is 0.286. The minimum absolute atomic E-state index is 0.453. The molecule has 0 saturated carbocycles. The quantitative estimate of drug-likeness (QED) is 0.546. The van der Waals surface area contributed by atoms with E-state index in [0.717, 1.165) is 9.77 Å². The van der Waals surface area contributed by atoms with Crippen LogP contribution in [0, 0.1) is 11.8 Å². The van der Waals surface area contributed by atoms with E-state index in [1.807, 2.05) is 12.3 Å². The van der Waals surface area contributed by atoms with Gasteiger partial charge in [-0.15, -0.1) is 28.0 Å². The van der Waals surface area contributed by atoms with E-state index < -0.39 is 5.91 Å². The number of carbonyl (C=O) groups is 1. The normalized spacial score (nSPS) is 9.83. The Balaban J connectivity index is 3.07. The zero-order valence-corrected chi connectivity index (χ0v) is 8.29. The summed E-state index contributed by atoms with van der Waals surface area (Å²) in [6.07, 6.45) is 1.92. The van der Waals surface area contributed by atoms with E-state index in [1.54, 1.807) is 18.7 Å². The molecule has 0 N–H and O–H groups in total. The van der Waals surface area contributed by atoms with Gasteiger partial charge in [0.05, 0.1) is 4.21 Å². The number of thioether (sulfide) groups is 1. The van der Waals surface area contributed by atoms with Crippen LogP contribution in [0.1, 0.15) is 15.2 Å². The fourth-order valence-corrected chi connectivity index (χ4v) is 2.47. The van der Waals surface area contributed by atoms with Crippen molar-refractivity contribution in [3.63, 3.8) is 0 Å². The average Bonchev–Trinajstić information content (AvgIpc) is 2.45. The fourth-order valence-electron chi connectivity index (χ4n) is 0.807. The van der Waals surface area contributed by atoms with Crippen molar-refractivity contribution in [1.29, 1.82) is 0 Å². The highest BCUT2D eigenvalue weighted by molar-refractivity contribution is 8.00. The molecule has 0 fully saturated rings. The molecule has 1 aromatic heterocycles. The molecule has 12 heavy (non-hydrogen) atoms. The molecule has 1 aromatic rings. The highest BCUT2D eigenvalue weighted by Crippen LogP contribution is 2.29. The second kappa shape index (κ2) is 3.82. The van der Waals surface area contributed by atoms with Crippen LogP contribution in [-0.2, 0) is 0 Å². The number of hydrogen-bond donors (Lipinski definition) is 0. The number of carbonyl (C=O) groups excluding carboxylic acids is 1. The highest BCUT2D eigenvalue weighted by Gasteiger charge is 2.13. The topological polar surface area (TPSA) is 46.5 Å². The van der Waals surface area contributed by atoms with Crippen molar-refractivity contribution in [3.8, 4) is 0 Å². The number of hydrogen-bond acceptors (Lipinski definition) is 4. The van der Waals surface area contributed by atoms with Gasteiger partial charge in [-0.3, -0.25) is 4.79 Å². The van der Waals surface area contributed by atoms with Crippen LogP contribution in [0.3, 0.4) is 0 Å². The number of thiophene rings is 1. The first kappa shape index (κ1) is 9.41. The van der Waals surface area contributed by atoms with Gasteiger partial charge in [-0.2, -0.15) is 0 Å². The first-order valence-electron chi connectivity index (χ1n) is 3.21. The molecule has 0 atom stereocenters. The van der Waals surface area contributed by atoms with Gasteiger partial charge in [0.25, 0.3) is 0 Å². The highest BCUT2D eigenvalue weighted by atomic mass is 32.2. The van der Waals surface area contributed by atoms with Crippen LogP contribution in [0.2, 0.25) is 0 Å². The van der Waals surface area contributed by atoms with Crippen molar-refractivity contribution in [1.82, 2.24) is 0 Å². The van der Waals surface area contributed by atoms with Crippen LogP contribution in [-0.4, -0.2) is 12.2 Å². The third-order valence-corrected chi connectivity index (χ3v) is 3.66. The molecule has 3 nitrogen and oxygen atoms in total. The Morgan fingerprint density at radius 1 is 1.67 bits per heavy atom. The molecule has 1 amide bonds. The lowest BCUT2D eigenvalue weighted by Gasteiger charge is -1.85. The van der Waals surface area contributed by atoms with Gasteiger partial charge < -0.3 is 0 Å². The van der Waals surface area contributed by atoms with E-state index in [0.29, 0.717) is 4.88 Å². The molecule has 1 rings (SSSR count). The molecule has 0 radical (unpaired) electrons. The van der Waals surface area contributed by atoms with E-state index in [-0.39, 0.29) is 0 Å². The summed E-state index contributed by atoms with van der Waals surface area (Å²) in [5.74, 6) is -0.669. The van der Waals surface area contributed by atoms with E-state index >= 15 is 0 Å². The molecule has 0 aliphatic carbocycles. The van der Waals surface area contributed by atoms with Gasteiger partial charge in [0.2, 0.25) is 0 Å². The number of amides is 1. The maximum absolute atomic E-state index is 10.9. The average molecular weight is 201 g/mol. The smallest absolute Gasteiger partial charge is 0.262 e. The van der Waals surface area contributed by atoms with Crippen LogP contribution in [0.25, 0.3) is 0 Å². The minimum Gasteiger partial charge on any atom is -0.262 e. The Kier molecular flexibility index (Phi) is 2.99. The van der Waals surface area contributed by atoms with Gasteiger partial charge in [0.15, 0.2) is 0 Å². The van der Waals surface area contributed by atoms with Crippen molar-refractivity contribution in [3.05, 3.63) is 21.4 Å². The summed E-state index contributed by atoms with van der Waals surface area (Å²) >= 11 is 2.87. The molecular weight excluding hydrogens is 194 g/mol. The van der Waals surface area contributed by atoms with Gasteiger partial charge in [0.1, 0.15) is 4.88 Å². The second-order valence-corrected chi connectivity index (χ2v) is 4.34. The number of rotatable bonds is 2. The second-order valence-electron chi connectivity index (χ2n) is 2.18. The Bertz CT molecular complexity index is 319. The predicted octanol–water partition coefficient (Wildman–Crippen LogP) is 2.69. The van der Waals surface area contributed by atoms with Gasteiger partial charge in [-0.1, -0.05) is 0 Å². The van der Waals surface area contributed by atoms with Crippen molar-refractivity contribution < 1.29 is 4.79 Å². The number of nitroso groups, excluding NO2 is 1. The third kappa shape index (κ3) is 1.73. The summed E-state index contributed by atoms with van der Waals surface area (Å²) in [7, 11) is 0. The molecule has 0 unspecified atom stereocenters. The third-order valence-electron chi connectivity index (χ3n) is 1.37. The lowest BCUT2D eigenvalue weighted by Crippen LogP contribution is -1.90. The first-order valence-corrected chi connectivity index (χ1v) is 5.25. The molecule has 1 heterocycles. The lowest BCUT2D eigenvalue weighted by molar-refractivity contribution is 0.100. The minimum atomic E-state index is -0.669. The van der Waals surface area contributed by atoms with Crippen molar-refractivity contribution in [2.24, 2.45) is 5.18 Å². The predicted molar refractivity (Wildman–Crippen MR) is 51.0 cm³/mol. The maximum Gasteiger partial charge on any atom is 0.326 e. The Hall–Kier alpha value is -0.680. The van der Waals surface area contributed by atoms with Crippen LogP contribution in [0.15, 0.2) is 15.5 Å². The summed E-state index contributed by atoms with van der Waals surface area (Å²) in [6.45, 7) is 1.80. The Morgan fingerprint density at radius 3 is 2.75 bits per heavy atom. The molecule has 0 aromatic carbocycles. The van der Waals surface area contributed by atoms with Gasteiger partial charge in [-0.05, 0) is 24.8 Å².